The van der Waals surface area contributed by atoms with Crippen molar-refractivity contribution in [1.29, 1.82) is 0 Å². The fourth-order valence-electron chi connectivity index (χ4n) is 3.06. The Kier molecular flexibility index (Phi) is 3.99. The Morgan fingerprint density at radius 1 is 1.16 bits per heavy atom. The molecular weight excluding hydrogens is 248 g/mol. The highest BCUT2D eigenvalue weighted by atomic mass is 16.5. The lowest BCUT2D eigenvalue weighted by molar-refractivity contribution is -0.142. The second kappa shape index (κ2) is 5.36. The molecule has 0 aromatic rings. The van der Waals surface area contributed by atoms with E-state index in [1.54, 1.807) is 9.80 Å². The number of likely N-dealkylation sites (tertiary alicyclic amines) is 1. The van der Waals surface area contributed by atoms with Crippen LogP contribution in [0.4, 0.5) is 4.79 Å². The highest BCUT2D eigenvalue weighted by Crippen LogP contribution is 2.26. The lowest BCUT2D eigenvalue weighted by Gasteiger charge is -2.38. The summed E-state index contributed by atoms with van der Waals surface area (Å²) in [5.41, 5.74) is 0. The van der Waals surface area contributed by atoms with Crippen molar-refractivity contribution in [3.63, 3.8) is 0 Å². The molecule has 2 aliphatic rings. The number of morpholine rings is 1. The molecular formula is C13H22N2O4. The predicted octanol–water partition coefficient (Wildman–Crippen LogP) is 1.01. The first-order valence-corrected chi connectivity index (χ1v) is 6.84. The van der Waals surface area contributed by atoms with Gasteiger partial charge in [0, 0.05) is 25.7 Å². The van der Waals surface area contributed by atoms with E-state index in [1.165, 1.54) is 0 Å². The second-order valence-electron chi connectivity index (χ2n) is 5.61. The first-order chi connectivity index (χ1) is 8.90. The van der Waals surface area contributed by atoms with Gasteiger partial charge in [0.25, 0.3) is 0 Å². The number of urea groups is 1. The van der Waals surface area contributed by atoms with Gasteiger partial charge in [0.2, 0.25) is 0 Å². The van der Waals surface area contributed by atoms with E-state index in [-0.39, 0.29) is 24.3 Å². The van der Waals surface area contributed by atoms with Crippen LogP contribution in [0.1, 0.15) is 27.2 Å². The van der Waals surface area contributed by atoms with E-state index in [2.05, 4.69) is 0 Å². The molecule has 0 radical (unpaired) electrons. The van der Waals surface area contributed by atoms with Gasteiger partial charge in [0.05, 0.1) is 18.1 Å². The first-order valence-electron chi connectivity index (χ1n) is 6.84. The third-order valence-corrected chi connectivity index (χ3v) is 4.01. The lowest BCUT2D eigenvalue weighted by atomic mass is 10.0. The van der Waals surface area contributed by atoms with E-state index in [1.807, 2.05) is 20.8 Å². The topological polar surface area (TPSA) is 70.1 Å². The molecule has 2 unspecified atom stereocenters. The van der Waals surface area contributed by atoms with E-state index in [0.29, 0.717) is 26.1 Å². The van der Waals surface area contributed by atoms with Crippen LogP contribution in [0.5, 0.6) is 0 Å². The molecule has 0 bridgehead atoms. The summed E-state index contributed by atoms with van der Waals surface area (Å²) >= 11 is 0. The molecule has 2 amide bonds. The minimum Gasteiger partial charge on any atom is -0.481 e. The Morgan fingerprint density at radius 2 is 1.74 bits per heavy atom. The number of carboxylic acids is 1. The highest BCUT2D eigenvalue weighted by molar-refractivity contribution is 5.78. The molecule has 2 aliphatic heterocycles. The van der Waals surface area contributed by atoms with Crippen molar-refractivity contribution < 1.29 is 19.4 Å². The van der Waals surface area contributed by atoms with Crippen molar-refractivity contribution in [1.82, 2.24) is 9.80 Å². The number of nitrogens with zero attached hydrogens (tertiary/aromatic N) is 2. The summed E-state index contributed by atoms with van der Waals surface area (Å²) in [6, 6.07) is -0.295. The summed E-state index contributed by atoms with van der Waals surface area (Å²) in [5, 5.41) is 9.11. The zero-order chi connectivity index (χ0) is 14.2. The van der Waals surface area contributed by atoms with Crippen molar-refractivity contribution in [3.05, 3.63) is 0 Å². The number of carboxylic acid groups (broad SMARTS) is 1. The molecule has 2 rings (SSSR count). The molecule has 1 N–H and O–H groups in total. The molecule has 19 heavy (non-hydrogen) atoms. The van der Waals surface area contributed by atoms with Crippen LogP contribution in [0.15, 0.2) is 0 Å². The number of carbonyl (C=O) groups is 2. The van der Waals surface area contributed by atoms with Gasteiger partial charge in [-0.15, -0.1) is 0 Å². The summed E-state index contributed by atoms with van der Waals surface area (Å²) in [6.45, 7) is 7.38. The van der Waals surface area contributed by atoms with Crippen LogP contribution >= 0.6 is 0 Å². The molecule has 6 nitrogen and oxygen atoms in total. The van der Waals surface area contributed by atoms with Crippen molar-refractivity contribution in [2.45, 2.75) is 45.4 Å². The SMILES string of the molecule is CC1C(C(=O)O)CCN1C(=O)N1C[C@@H](C)O[C@@H](C)C1. The van der Waals surface area contributed by atoms with Crippen LogP contribution < -0.4 is 0 Å². The fraction of sp³-hybridized carbons (Fsp3) is 0.846. The molecule has 0 aliphatic carbocycles. The molecule has 4 atom stereocenters. The standard InChI is InChI=1S/C13H22N2O4/c1-8-6-14(7-9(2)19-8)13(18)15-5-4-11(10(15)3)12(16)17/h8-11H,4-7H2,1-3H3,(H,16,17)/t8-,9+,10?,11?. The zero-order valence-electron chi connectivity index (χ0n) is 11.7. The third kappa shape index (κ3) is 2.83. The van der Waals surface area contributed by atoms with Gasteiger partial charge in [0.15, 0.2) is 0 Å². The van der Waals surface area contributed by atoms with Crippen molar-refractivity contribution in [3.8, 4) is 0 Å². The van der Waals surface area contributed by atoms with Gasteiger partial charge in [-0.25, -0.2) is 4.79 Å². The summed E-state index contributed by atoms with van der Waals surface area (Å²) in [7, 11) is 0. The minimum atomic E-state index is -0.813. The van der Waals surface area contributed by atoms with Crippen molar-refractivity contribution >= 4 is 12.0 Å². The molecule has 0 spiro atoms. The fourth-order valence-corrected chi connectivity index (χ4v) is 3.06. The summed E-state index contributed by atoms with van der Waals surface area (Å²) in [5.74, 6) is -1.26. The molecule has 0 aromatic carbocycles. The van der Waals surface area contributed by atoms with Crippen LogP contribution in [-0.4, -0.2) is 64.8 Å². The zero-order valence-corrected chi connectivity index (χ0v) is 11.7. The Hall–Kier alpha value is -1.30. The number of carbonyl (C=O) groups excluding carboxylic acids is 1. The lowest BCUT2D eigenvalue weighted by Crippen LogP contribution is -2.54. The van der Waals surface area contributed by atoms with Crippen molar-refractivity contribution in [2.75, 3.05) is 19.6 Å². The Balaban J connectivity index is 2.02. The average molecular weight is 270 g/mol. The molecule has 0 saturated carbocycles. The van der Waals surface area contributed by atoms with Crippen LogP contribution in [0, 0.1) is 5.92 Å². The minimum absolute atomic E-state index is 0.0286. The van der Waals surface area contributed by atoms with Gasteiger partial charge in [-0.2, -0.15) is 0 Å². The number of aliphatic carboxylic acids is 1. The monoisotopic (exact) mass is 270 g/mol. The molecule has 6 heteroatoms. The number of hydrogen-bond acceptors (Lipinski definition) is 3. The second-order valence-corrected chi connectivity index (χ2v) is 5.61. The van der Waals surface area contributed by atoms with E-state index in [9.17, 15) is 9.59 Å². The van der Waals surface area contributed by atoms with E-state index in [0.717, 1.165) is 0 Å². The predicted molar refractivity (Wildman–Crippen MR) is 68.9 cm³/mol. The largest absolute Gasteiger partial charge is 0.481 e. The highest BCUT2D eigenvalue weighted by Gasteiger charge is 2.40. The third-order valence-electron chi connectivity index (χ3n) is 4.01. The molecule has 2 heterocycles. The van der Waals surface area contributed by atoms with Gasteiger partial charge in [-0.05, 0) is 27.2 Å². The van der Waals surface area contributed by atoms with Gasteiger partial charge >= 0.3 is 12.0 Å². The Labute approximate surface area is 113 Å². The summed E-state index contributed by atoms with van der Waals surface area (Å²) in [4.78, 5) is 27.0. The number of rotatable bonds is 1. The molecule has 2 fully saturated rings. The summed E-state index contributed by atoms with van der Waals surface area (Å²) in [6.07, 6.45) is 0.597. The Bertz CT molecular complexity index is 364. The number of ether oxygens (including phenoxy) is 1. The van der Waals surface area contributed by atoms with Crippen LogP contribution in [0.2, 0.25) is 0 Å². The van der Waals surface area contributed by atoms with Crippen molar-refractivity contribution in [2.24, 2.45) is 5.92 Å². The van der Waals surface area contributed by atoms with Gasteiger partial charge in [-0.1, -0.05) is 0 Å². The average Bonchev–Trinajstić information content (AvgIpc) is 2.69. The van der Waals surface area contributed by atoms with Gasteiger partial charge in [0.1, 0.15) is 0 Å². The maximum absolute atomic E-state index is 12.5. The smallest absolute Gasteiger partial charge is 0.320 e. The van der Waals surface area contributed by atoms with Gasteiger partial charge in [-0.3, -0.25) is 4.79 Å². The quantitative estimate of drug-likeness (QED) is 0.772. The maximum Gasteiger partial charge on any atom is 0.320 e. The number of hydrogen-bond donors (Lipinski definition) is 1. The van der Waals surface area contributed by atoms with Crippen LogP contribution in [0.25, 0.3) is 0 Å². The van der Waals surface area contributed by atoms with Crippen LogP contribution in [-0.2, 0) is 9.53 Å². The molecule has 108 valence electrons. The Morgan fingerprint density at radius 3 is 2.21 bits per heavy atom. The van der Waals surface area contributed by atoms with Gasteiger partial charge < -0.3 is 19.6 Å². The normalized spacial score (nSPS) is 35.5. The van der Waals surface area contributed by atoms with Crippen LogP contribution in [0.3, 0.4) is 0 Å². The van der Waals surface area contributed by atoms with E-state index >= 15 is 0 Å². The number of amides is 2. The maximum atomic E-state index is 12.5. The first kappa shape index (κ1) is 14.1. The molecule has 0 aromatic heterocycles. The van der Waals surface area contributed by atoms with E-state index < -0.39 is 11.9 Å². The van der Waals surface area contributed by atoms with E-state index in [4.69, 9.17) is 9.84 Å². The summed E-state index contributed by atoms with van der Waals surface area (Å²) < 4.78 is 5.61. The molecule has 2 saturated heterocycles.